The highest BCUT2D eigenvalue weighted by molar-refractivity contribution is 7.90. The van der Waals surface area contributed by atoms with E-state index in [9.17, 15) is 8.42 Å². The number of hydrogen-bond donors (Lipinski definition) is 3. The van der Waals surface area contributed by atoms with Gasteiger partial charge in [0.2, 0.25) is 0 Å². The Balaban J connectivity index is 1.55. The number of rotatable bonds is 3. The Kier molecular flexibility index (Phi) is 4.01. The fourth-order valence-corrected chi connectivity index (χ4v) is 8.44. The molecule has 3 aliphatic rings. The van der Waals surface area contributed by atoms with E-state index in [2.05, 4.69) is 20.4 Å². The van der Waals surface area contributed by atoms with Crippen LogP contribution in [-0.2, 0) is 10.2 Å². The first kappa shape index (κ1) is 20.3. The van der Waals surface area contributed by atoms with Crippen LogP contribution < -0.4 is 10.0 Å². The standard InChI is InChI=1S/C24H27N7O2S/c1-30(2)34(32,33)31-19-8-7-18-16(11-26-27-18)22(19)20-12-3-4-13(9-12)21(20)23(31)14-5-6-17-15(10-14)24(25)29-28-17/h5-8,10-13,20-21,23H,3-4,9H2,1-2H3,(H,26,27)(H3,25,28,29)/t12?,13?,20-,21+,23-/m0/s1. The van der Waals surface area contributed by atoms with Crippen LogP contribution in [0.2, 0.25) is 0 Å². The van der Waals surface area contributed by atoms with E-state index in [1.54, 1.807) is 18.4 Å². The molecule has 2 aromatic carbocycles. The number of nitrogen functional groups attached to an aromatic ring is 1. The first-order valence-electron chi connectivity index (χ1n) is 11.8. The van der Waals surface area contributed by atoms with Crippen LogP contribution in [0.1, 0.15) is 42.3 Å². The van der Waals surface area contributed by atoms with Gasteiger partial charge in [-0.15, -0.1) is 0 Å². The van der Waals surface area contributed by atoms with Gasteiger partial charge in [0.15, 0.2) is 5.82 Å². The minimum atomic E-state index is -3.79. The molecule has 34 heavy (non-hydrogen) atoms. The average Bonchev–Trinajstić information content (AvgIpc) is 3.61. The maximum absolute atomic E-state index is 14.0. The maximum Gasteiger partial charge on any atom is 0.304 e. The average molecular weight is 478 g/mol. The maximum atomic E-state index is 14.0. The summed E-state index contributed by atoms with van der Waals surface area (Å²) in [5.74, 6) is 1.95. The zero-order valence-corrected chi connectivity index (χ0v) is 19.9. The number of anilines is 2. The summed E-state index contributed by atoms with van der Waals surface area (Å²) in [6.45, 7) is 0. The Hall–Kier alpha value is -3.11. The zero-order valence-electron chi connectivity index (χ0n) is 19.1. The highest BCUT2D eigenvalue weighted by Crippen LogP contribution is 2.66. The van der Waals surface area contributed by atoms with Gasteiger partial charge < -0.3 is 5.73 Å². The van der Waals surface area contributed by atoms with Gasteiger partial charge in [0.05, 0.1) is 29.0 Å². The topological polar surface area (TPSA) is 124 Å². The Bertz CT molecular complexity index is 1560. The lowest BCUT2D eigenvalue weighted by Crippen LogP contribution is -2.50. The molecule has 0 radical (unpaired) electrons. The number of benzene rings is 2. The third-order valence-electron chi connectivity index (χ3n) is 8.48. The molecular formula is C24H27N7O2S. The number of aromatic nitrogens is 4. The number of fused-ring (bicyclic) bond motifs is 10. The lowest BCUT2D eigenvalue weighted by Gasteiger charge is -2.49. The highest BCUT2D eigenvalue weighted by atomic mass is 32.2. The van der Waals surface area contributed by atoms with E-state index >= 15 is 0 Å². The van der Waals surface area contributed by atoms with Gasteiger partial charge in [-0.05, 0) is 78.3 Å². The Morgan fingerprint density at radius 1 is 1.06 bits per heavy atom. The molecule has 2 aliphatic carbocycles. The molecule has 1 aliphatic heterocycles. The summed E-state index contributed by atoms with van der Waals surface area (Å²) in [7, 11) is -0.579. The molecule has 9 nitrogen and oxygen atoms in total. The molecule has 5 atom stereocenters. The van der Waals surface area contributed by atoms with Gasteiger partial charge in [-0.1, -0.05) is 6.07 Å². The van der Waals surface area contributed by atoms with Crippen molar-refractivity contribution in [1.82, 2.24) is 24.7 Å². The van der Waals surface area contributed by atoms with Gasteiger partial charge in [0.25, 0.3) is 0 Å². The van der Waals surface area contributed by atoms with Gasteiger partial charge in [-0.25, -0.2) is 4.31 Å². The van der Waals surface area contributed by atoms with Crippen molar-refractivity contribution in [3.63, 3.8) is 0 Å². The third-order valence-corrected chi connectivity index (χ3v) is 10.3. The molecule has 2 saturated carbocycles. The molecule has 2 fully saturated rings. The molecule has 4 N–H and O–H groups in total. The number of H-pyrrole nitrogens is 2. The van der Waals surface area contributed by atoms with Crippen LogP contribution in [0.5, 0.6) is 0 Å². The van der Waals surface area contributed by atoms with Crippen LogP contribution in [0.4, 0.5) is 11.5 Å². The van der Waals surface area contributed by atoms with Crippen molar-refractivity contribution < 1.29 is 8.42 Å². The number of aromatic amines is 2. The first-order chi connectivity index (χ1) is 16.4. The van der Waals surface area contributed by atoms with Crippen LogP contribution in [0, 0.1) is 17.8 Å². The van der Waals surface area contributed by atoms with Gasteiger partial charge in [-0.3, -0.25) is 10.2 Å². The van der Waals surface area contributed by atoms with Gasteiger partial charge in [-0.2, -0.15) is 22.9 Å². The van der Waals surface area contributed by atoms with E-state index in [4.69, 9.17) is 5.73 Å². The summed E-state index contributed by atoms with van der Waals surface area (Å²) in [6.07, 6.45) is 5.34. The molecule has 3 heterocycles. The molecule has 2 bridgehead atoms. The van der Waals surface area contributed by atoms with Crippen molar-refractivity contribution >= 4 is 43.5 Å². The molecule has 2 unspecified atom stereocenters. The largest absolute Gasteiger partial charge is 0.382 e. The summed E-state index contributed by atoms with van der Waals surface area (Å²) in [6, 6.07) is 9.61. The second-order valence-electron chi connectivity index (χ2n) is 10.2. The van der Waals surface area contributed by atoms with Crippen molar-refractivity contribution in [2.45, 2.75) is 31.2 Å². The summed E-state index contributed by atoms with van der Waals surface area (Å²) in [5.41, 5.74) is 10.8. The normalized spacial score (nSPS) is 28.2. The van der Waals surface area contributed by atoms with Crippen LogP contribution in [0.25, 0.3) is 21.8 Å². The molecule has 2 aromatic heterocycles. The molecule has 10 heteroatoms. The zero-order chi connectivity index (χ0) is 23.4. The van der Waals surface area contributed by atoms with Crippen LogP contribution in [-0.4, -0.2) is 47.2 Å². The third kappa shape index (κ3) is 2.50. The molecular weight excluding hydrogens is 450 g/mol. The van der Waals surface area contributed by atoms with Crippen molar-refractivity contribution in [3.8, 4) is 0 Å². The molecule has 7 rings (SSSR count). The number of hydrogen-bond acceptors (Lipinski definition) is 5. The Morgan fingerprint density at radius 3 is 2.65 bits per heavy atom. The molecule has 0 amide bonds. The van der Waals surface area contributed by atoms with Crippen molar-refractivity contribution in [2.24, 2.45) is 17.8 Å². The number of nitrogens with two attached hydrogens (primary N) is 1. The Morgan fingerprint density at radius 2 is 1.82 bits per heavy atom. The predicted molar refractivity (Wildman–Crippen MR) is 131 cm³/mol. The van der Waals surface area contributed by atoms with Crippen LogP contribution in [0.15, 0.2) is 36.5 Å². The summed E-state index contributed by atoms with van der Waals surface area (Å²) in [4.78, 5) is 0. The number of nitrogens with zero attached hydrogens (tertiary/aromatic N) is 4. The molecule has 0 spiro atoms. The van der Waals surface area contributed by atoms with E-state index in [0.29, 0.717) is 23.6 Å². The van der Waals surface area contributed by atoms with E-state index in [1.165, 1.54) is 10.7 Å². The van der Waals surface area contributed by atoms with Crippen LogP contribution in [0.3, 0.4) is 0 Å². The van der Waals surface area contributed by atoms with Crippen LogP contribution >= 0.6 is 0 Å². The Labute approximate surface area is 197 Å². The lowest BCUT2D eigenvalue weighted by atomic mass is 9.67. The molecule has 176 valence electrons. The van der Waals surface area contributed by atoms with E-state index in [1.807, 2.05) is 36.5 Å². The monoisotopic (exact) mass is 477 g/mol. The molecule has 4 aromatic rings. The van der Waals surface area contributed by atoms with Gasteiger partial charge >= 0.3 is 10.2 Å². The fourth-order valence-electron chi connectivity index (χ4n) is 7.13. The molecule has 0 saturated heterocycles. The first-order valence-corrected chi connectivity index (χ1v) is 13.2. The second-order valence-corrected chi connectivity index (χ2v) is 12.2. The SMILES string of the molecule is CN(C)S(=O)(=O)N1c2ccc3[nH]ncc3c2[C@H]2C3CCC(C3)[C@H]2[C@@H]1c1ccc2[nH]nc(N)c2c1. The quantitative estimate of drug-likeness (QED) is 0.416. The summed E-state index contributed by atoms with van der Waals surface area (Å²) in [5, 5.41) is 16.3. The summed E-state index contributed by atoms with van der Waals surface area (Å²) >= 11 is 0. The predicted octanol–water partition coefficient (Wildman–Crippen LogP) is 3.52. The van der Waals surface area contributed by atoms with Crippen molar-refractivity contribution in [1.29, 1.82) is 0 Å². The van der Waals surface area contributed by atoms with Gasteiger partial charge in [0, 0.05) is 24.9 Å². The highest BCUT2D eigenvalue weighted by Gasteiger charge is 2.58. The van der Waals surface area contributed by atoms with Gasteiger partial charge in [0.1, 0.15) is 0 Å². The lowest BCUT2D eigenvalue weighted by molar-refractivity contribution is 0.236. The minimum absolute atomic E-state index is 0.187. The minimum Gasteiger partial charge on any atom is -0.382 e. The number of nitrogens with one attached hydrogen (secondary N) is 2. The van der Waals surface area contributed by atoms with E-state index in [-0.39, 0.29) is 12.0 Å². The second kappa shape index (κ2) is 6.73. The summed E-state index contributed by atoms with van der Waals surface area (Å²) < 4.78 is 30.9. The fraction of sp³-hybridized carbons (Fsp3) is 0.417. The van der Waals surface area contributed by atoms with Crippen molar-refractivity contribution in [2.75, 3.05) is 24.1 Å². The smallest absolute Gasteiger partial charge is 0.304 e. The van der Waals surface area contributed by atoms with E-state index in [0.717, 1.165) is 51.5 Å². The van der Waals surface area contributed by atoms with Crippen molar-refractivity contribution in [3.05, 3.63) is 47.7 Å². The van der Waals surface area contributed by atoms with E-state index < -0.39 is 10.2 Å².